The average Bonchev–Trinajstić information content (AvgIpc) is 3.37. The van der Waals surface area contributed by atoms with E-state index in [0.29, 0.717) is 63.5 Å². The second-order valence-corrected chi connectivity index (χ2v) is 12.4. The van der Waals surface area contributed by atoms with Crippen LogP contribution in [0.4, 0.5) is 21.0 Å². The summed E-state index contributed by atoms with van der Waals surface area (Å²) in [5, 5.41) is 10.2. The predicted molar refractivity (Wildman–Crippen MR) is 160 cm³/mol. The normalized spacial score (nSPS) is 11.9. The van der Waals surface area contributed by atoms with Gasteiger partial charge in [-0.15, -0.1) is 11.3 Å². The molecule has 230 valence electrons. The first-order valence-corrected chi connectivity index (χ1v) is 15.4. The second kappa shape index (κ2) is 14.2. The van der Waals surface area contributed by atoms with Gasteiger partial charge in [0, 0.05) is 33.8 Å². The van der Waals surface area contributed by atoms with E-state index in [0.717, 1.165) is 0 Å². The van der Waals surface area contributed by atoms with Gasteiger partial charge in [0.15, 0.2) is 16.6 Å². The van der Waals surface area contributed by atoms with Gasteiger partial charge < -0.3 is 35.2 Å². The predicted octanol–water partition coefficient (Wildman–Crippen LogP) is 4.41. The third-order valence-corrected chi connectivity index (χ3v) is 7.30. The first-order valence-electron chi connectivity index (χ1n) is 13.1. The summed E-state index contributed by atoms with van der Waals surface area (Å²) in [7, 11) is -3.01. The number of carbonyl (C=O) groups excluding carboxylic acids is 1. The average molecular weight is 635 g/mol. The monoisotopic (exact) mass is 634 g/mol. The van der Waals surface area contributed by atoms with Crippen molar-refractivity contribution in [1.29, 1.82) is 0 Å². The van der Waals surface area contributed by atoms with Gasteiger partial charge in [-0.1, -0.05) is 6.07 Å². The van der Waals surface area contributed by atoms with Crippen molar-refractivity contribution in [1.82, 2.24) is 20.3 Å². The van der Waals surface area contributed by atoms with Crippen molar-refractivity contribution < 1.29 is 37.5 Å². The molecule has 1 amide bonds. The Kier molecular flexibility index (Phi) is 10.6. The van der Waals surface area contributed by atoms with Crippen LogP contribution in [0.15, 0.2) is 48.9 Å². The lowest BCUT2D eigenvalue weighted by molar-refractivity contribution is -0.115. The van der Waals surface area contributed by atoms with Crippen LogP contribution in [0.2, 0.25) is 0 Å². The van der Waals surface area contributed by atoms with E-state index in [1.165, 1.54) is 43.0 Å². The van der Waals surface area contributed by atoms with E-state index in [-0.39, 0.29) is 18.9 Å². The van der Waals surface area contributed by atoms with E-state index in [9.17, 15) is 13.8 Å². The van der Waals surface area contributed by atoms with Gasteiger partial charge in [0.05, 0.1) is 32.3 Å². The number of methoxy groups -OCH3 is 1. The minimum absolute atomic E-state index is 0.0725. The molecule has 0 aliphatic heterocycles. The van der Waals surface area contributed by atoms with Gasteiger partial charge in [-0.2, -0.15) is 0 Å². The van der Waals surface area contributed by atoms with Crippen LogP contribution in [-0.4, -0.2) is 63.1 Å². The zero-order chi connectivity index (χ0) is 31.0. The zero-order valence-corrected chi connectivity index (χ0v) is 25.4. The van der Waals surface area contributed by atoms with Gasteiger partial charge in [-0.25, -0.2) is 23.9 Å². The highest BCUT2D eigenvalue weighted by atomic mass is 32.1. The fraction of sp³-hybridized carbons (Fsp3) is 0.333. The summed E-state index contributed by atoms with van der Waals surface area (Å²) in [6, 6.07) is 9.19. The van der Waals surface area contributed by atoms with E-state index in [1.54, 1.807) is 38.2 Å². The van der Waals surface area contributed by atoms with E-state index >= 15 is 0 Å². The van der Waals surface area contributed by atoms with Crippen molar-refractivity contribution in [2.24, 2.45) is 0 Å². The first kappa shape index (κ1) is 32.2. The molecule has 0 aliphatic carbocycles. The minimum atomic E-state index is -4.54. The third-order valence-electron chi connectivity index (χ3n) is 5.92. The summed E-state index contributed by atoms with van der Waals surface area (Å²) in [5.41, 5.74) is 0.341. The molecule has 0 aliphatic rings. The summed E-state index contributed by atoms with van der Waals surface area (Å²) in [4.78, 5) is 44.0. The number of halogens is 1. The minimum Gasteiger partial charge on any atom is -0.493 e. The molecule has 2 heterocycles. The number of aromatic nitrogens is 3. The van der Waals surface area contributed by atoms with Crippen molar-refractivity contribution in [3.8, 4) is 11.5 Å². The topological polar surface area (TPSA) is 177 Å². The molecule has 0 radical (unpaired) electrons. The van der Waals surface area contributed by atoms with E-state index in [1.807, 2.05) is 0 Å². The number of hydrogen-bond acceptors (Lipinski definition) is 11. The van der Waals surface area contributed by atoms with Crippen LogP contribution in [-0.2, 0) is 20.3 Å². The Bertz CT molecular complexity index is 1620. The van der Waals surface area contributed by atoms with E-state index in [2.05, 4.69) is 35.4 Å². The Balaban J connectivity index is 1.35. The first-order chi connectivity index (χ1) is 20.4. The fourth-order valence-corrected chi connectivity index (χ4v) is 5.19. The summed E-state index contributed by atoms with van der Waals surface area (Å²) < 4.78 is 40.4. The number of amides is 1. The van der Waals surface area contributed by atoms with Gasteiger partial charge in [-0.05, 0) is 51.1 Å². The summed E-state index contributed by atoms with van der Waals surface area (Å²) in [5.74, 6) is 0.729. The number of nitrogens with zero attached hydrogens (tertiary/aromatic N) is 3. The number of hydrogen-bond donors (Lipinski definition) is 5. The third kappa shape index (κ3) is 9.92. The number of rotatable bonds is 15. The van der Waals surface area contributed by atoms with E-state index in [4.69, 9.17) is 19.3 Å². The van der Waals surface area contributed by atoms with Gasteiger partial charge in [0.25, 0.3) is 0 Å². The molecule has 16 heteroatoms. The fourth-order valence-electron chi connectivity index (χ4n) is 3.89. The van der Waals surface area contributed by atoms with Crippen LogP contribution >= 0.6 is 19.2 Å². The number of benzene rings is 2. The number of ether oxygens (including phenoxy) is 2. The molecule has 13 nitrogen and oxygen atoms in total. The number of thiazole rings is 1. The Hall–Kier alpha value is -3.72. The summed E-state index contributed by atoms with van der Waals surface area (Å²) in [6.07, 6.45) is 3.68. The Morgan fingerprint density at radius 2 is 1.95 bits per heavy atom. The van der Waals surface area contributed by atoms with Crippen LogP contribution < -0.4 is 25.4 Å². The van der Waals surface area contributed by atoms with Gasteiger partial charge in [-0.3, -0.25) is 9.32 Å². The van der Waals surface area contributed by atoms with E-state index < -0.39 is 19.2 Å². The van der Waals surface area contributed by atoms with Gasteiger partial charge in [0.2, 0.25) is 5.91 Å². The highest BCUT2D eigenvalue weighted by Gasteiger charge is 2.23. The molecule has 4 aromatic rings. The number of nitrogens with one attached hydrogen (secondary N) is 3. The smallest absolute Gasteiger partial charge is 0.469 e. The lowest BCUT2D eigenvalue weighted by Gasteiger charge is -2.26. The standard InChI is InChI=1S/C27H32FN6O7PS/c1-27(2,15-41-42(36,37)38)32-8-5-9-40-23-13-21-20(12-22(23)39-3)25(31-16-30-21)34-26-29-14-19(43-26)11-24(35)33-18-7-4-6-17(28)10-18/h4,6-7,10,12-14,16,32H,5,8-9,11,15H2,1-3H3,(H,33,35)(H2,36,37,38)(H,29,30,31,34). The molecular formula is C27H32FN6O7PS. The SMILES string of the molecule is COc1cc2c(Nc3ncc(CC(=O)Nc4cccc(F)c4)s3)ncnc2cc1OCCCNC(C)(C)COP(=O)(O)O. The molecule has 0 saturated heterocycles. The van der Waals surface area contributed by atoms with Gasteiger partial charge >= 0.3 is 7.82 Å². The van der Waals surface area contributed by atoms with Crippen LogP contribution in [0.5, 0.6) is 11.5 Å². The Morgan fingerprint density at radius 1 is 1.14 bits per heavy atom. The summed E-state index contributed by atoms with van der Waals surface area (Å²) >= 11 is 1.29. The van der Waals surface area contributed by atoms with Crippen LogP contribution in [0, 0.1) is 5.82 Å². The summed E-state index contributed by atoms with van der Waals surface area (Å²) in [6.45, 7) is 4.27. The highest BCUT2D eigenvalue weighted by Crippen LogP contribution is 2.37. The van der Waals surface area contributed by atoms with Crippen molar-refractivity contribution >= 4 is 52.6 Å². The van der Waals surface area contributed by atoms with Crippen LogP contribution in [0.3, 0.4) is 0 Å². The van der Waals surface area contributed by atoms with Crippen molar-refractivity contribution in [2.45, 2.75) is 32.2 Å². The van der Waals surface area contributed by atoms with Gasteiger partial charge in [0.1, 0.15) is 18.0 Å². The zero-order valence-electron chi connectivity index (χ0n) is 23.7. The largest absolute Gasteiger partial charge is 0.493 e. The molecule has 43 heavy (non-hydrogen) atoms. The van der Waals surface area contributed by atoms with Crippen LogP contribution in [0.25, 0.3) is 10.9 Å². The number of phosphoric acid groups is 1. The quantitative estimate of drug-likeness (QED) is 0.0921. The molecule has 2 aromatic carbocycles. The maximum atomic E-state index is 13.4. The second-order valence-electron chi connectivity index (χ2n) is 10.0. The van der Waals surface area contributed by atoms with Crippen molar-refractivity contribution in [3.05, 3.63) is 59.6 Å². The number of carbonyl (C=O) groups is 1. The molecule has 5 N–H and O–H groups in total. The van der Waals surface area contributed by atoms with Crippen molar-refractivity contribution in [3.63, 3.8) is 0 Å². The Morgan fingerprint density at radius 3 is 2.70 bits per heavy atom. The molecule has 0 saturated carbocycles. The lowest BCUT2D eigenvalue weighted by Crippen LogP contribution is -2.44. The lowest BCUT2D eigenvalue weighted by atomic mass is 10.1. The molecule has 0 unspecified atom stereocenters. The molecule has 4 rings (SSSR count). The highest BCUT2D eigenvalue weighted by molar-refractivity contribution is 7.46. The number of phosphoric ester groups is 1. The maximum absolute atomic E-state index is 13.4. The maximum Gasteiger partial charge on any atom is 0.469 e. The Labute approximate surface area is 251 Å². The number of anilines is 3. The molecule has 0 atom stereocenters. The van der Waals surface area contributed by atoms with Crippen LogP contribution in [0.1, 0.15) is 25.1 Å². The number of fused-ring (bicyclic) bond motifs is 1. The molecule has 0 fully saturated rings. The van der Waals surface area contributed by atoms with Crippen molar-refractivity contribution in [2.75, 3.05) is 37.5 Å². The molecule has 2 aromatic heterocycles. The molecule has 0 bridgehead atoms. The molecular weight excluding hydrogens is 602 g/mol. The molecule has 0 spiro atoms.